The van der Waals surface area contributed by atoms with Gasteiger partial charge in [-0.3, -0.25) is 0 Å². The first-order valence-electron chi connectivity index (χ1n) is 16.4. The van der Waals surface area contributed by atoms with Crippen LogP contribution in [0, 0.1) is 0 Å². The summed E-state index contributed by atoms with van der Waals surface area (Å²) in [6.07, 6.45) is 8.70. The van der Waals surface area contributed by atoms with E-state index in [1.54, 1.807) is 0 Å². The first kappa shape index (κ1) is 36.6. The molecule has 0 amide bonds. The van der Waals surface area contributed by atoms with Crippen LogP contribution in [0.1, 0.15) is 32.1 Å². The summed E-state index contributed by atoms with van der Waals surface area (Å²) in [5.74, 6) is 0. The largest absolute Gasteiger partial charge is 1.00 e. The Kier molecular flexibility index (Phi) is 14.3. The molecular formula is C43H44Cl2P2. The Morgan fingerprint density at radius 1 is 0.234 bits per heavy atom. The normalized spacial score (nSPS) is 11.2. The van der Waals surface area contributed by atoms with E-state index in [1.165, 1.54) is 76.3 Å². The van der Waals surface area contributed by atoms with Crippen LogP contribution in [0.4, 0.5) is 0 Å². The molecule has 0 radical (unpaired) electrons. The molecule has 47 heavy (non-hydrogen) atoms. The number of hydrogen-bond donors (Lipinski definition) is 0. The molecule has 240 valence electrons. The summed E-state index contributed by atoms with van der Waals surface area (Å²) in [6, 6.07) is 68.0. The zero-order valence-corrected chi connectivity index (χ0v) is 30.2. The second-order valence-electron chi connectivity index (χ2n) is 11.8. The van der Waals surface area contributed by atoms with Crippen molar-refractivity contribution in [2.24, 2.45) is 0 Å². The third kappa shape index (κ3) is 8.26. The van der Waals surface area contributed by atoms with E-state index in [9.17, 15) is 0 Å². The molecule has 0 heterocycles. The van der Waals surface area contributed by atoms with Crippen molar-refractivity contribution in [3.63, 3.8) is 0 Å². The lowest BCUT2D eigenvalue weighted by Gasteiger charge is -2.28. The smallest absolute Gasteiger partial charge is 0.112 e. The number of hydrogen-bond acceptors (Lipinski definition) is 0. The minimum atomic E-state index is -1.75. The van der Waals surface area contributed by atoms with Gasteiger partial charge in [0, 0.05) is 0 Å². The summed E-state index contributed by atoms with van der Waals surface area (Å²) in [6.45, 7) is 0. The lowest BCUT2D eigenvalue weighted by molar-refractivity contribution is -0.00100. The minimum absolute atomic E-state index is 0. The van der Waals surface area contributed by atoms with Crippen molar-refractivity contribution in [1.82, 2.24) is 0 Å². The van der Waals surface area contributed by atoms with Gasteiger partial charge < -0.3 is 24.8 Å². The van der Waals surface area contributed by atoms with Gasteiger partial charge in [0.2, 0.25) is 0 Å². The Morgan fingerprint density at radius 2 is 0.404 bits per heavy atom. The van der Waals surface area contributed by atoms with Crippen molar-refractivity contribution in [3.8, 4) is 0 Å². The van der Waals surface area contributed by atoms with Crippen LogP contribution in [0.2, 0.25) is 0 Å². The van der Waals surface area contributed by atoms with Crippen LogP contribution in [0.25, 0.3) is 0 Å². The van der Waals surface area contributed by atoms with Crippen molar-refractivity contribution in [3.05, 3.63) is 182 Å². The molecule has 0 unspecified atom stereocenters. The maximum absolute atomic E-state index is 2.37. The minimum Gasteiger partial charge on any atom is -1.00 e. The van der Waals surface area contributed by atoms with E-state index < -0.39 is 14.5 Å². The standard InChI is InChI=1S/C43H44P2.2ClH/c1(2-22-36-44(38-24-10-4-11-25-38,39-26-12-5-13-27-39)40-28-14-6-15-29-40)3-23-37-45(41-30-16-7-17-31-41,42-32-18-8-19-33-42)43-34-20-9-21-35-43;;/h4-21,24-35H,1-3,22-23,36-37H2;2*1H/q+2;;/p-2. The molecule has 0 bridgehead atoms. The summed E-state index contributed by atoms with van der Waals surface area (Å²) in [7, 11) is -3.50. The molecule has 4 heteroatoms. The van der Waals surface area contributed by atoms with Crippen molar-refractivity contribution < 1.29 is 24.8 Å². The Labute approximate surface area is 296 Å². The van der Waals surface area contributed by atoms with E-state index in [1.807, 2.05) is 0 Å². The van der Waals surface area contributed by atoms with Gasteiger partial charge in [0.1, 0.15) is 46.4 Å². The highest BCUT2D eigenvalue weighted by molar-refractivity contribution is 7.96. The van der Waals surface area contributed by atoms with Gasteiger partial charge in [0.05, 0.1) is 12.3 Å². The molecule has 6 aromatic carbocycles. The summed E-state index contributed by atoms with van der Waals surface area (Å²) in [4.78, 5) is 0. The van der Waals surface area contributed by atoms with Crippen LogP contribution in [0.3, 0.4) is 0 Å². The zero-order valence-electron chi connectivity index (χ0n) is 26.9. The third-order valence-corrected chi connectivity index (χ3v) is 18.2. The summed E-state index contributed by atoms with van der Waals surface area (Å²) < 4.78 is 0. The fourth-order valence-corrected chi connectivity index (χ4v) is 15.8. The molecule has 0 fully saturated rings. The van der Waals surface area contributed by atoms with Crippen LogP contribution in [-0.2, 0) is 0 Å². The van der Waals surface area contributed by atoms with Crippen LogP contribution < -0.4 is 56.6 Å². The number of benzene rings is 6. The molecule has 0 aliphatic carbocycles. The van der Waals surface area contributed by atoms with Crippen molar-refractivity contribution in [1.29, 1.82) is 0 Å². The van der Waals surface area contributed by atoms with Crippen LogP contribution in [-0.4, -0.2) is 12.3 Å². The van der Waals surface area contributed by atoms with Gasteiger partial charge in [-0.1, -0.05) is 116 Å². The Bertz CT molecular complexity index is 1380. The Balaban J connectivity index is 0.00000250. The number of rotatable bonds is 14. The zero-order chi connectivity index (χ0) is 30.6. The lowest BCUT2D eigenvalue weighted by Crippen LogP contribution is -3.00. The van der Waals surface area contributed by atoms with Crippen LogP contribution in [0.15, 0.2) is 182 Å². The van der Waals surface area contributed by atoms with Crippen molar-refractivity contribution in [2.75, 3.05) is 12.3 Å². The molecule has 0 N–H and O–H groups in total. The SMILES string of the molecule is [Cl-].[Cl-].c1ccc([P+](CCCCCCC[P+](c2ccccc2)(c2ccccc2)c2ccccc2)(c2ccccc2)c2ccccc2)cc1. The fourth-order valence-electron chi connectivity index (χ4n) is 6.99. The number of halogens is 2. The average Bonchev–Trinajstić information content (AvgIpc) is 3.13. The molecular weight excluding hydrogens is 649 g/mol. The summed E-state index contributed by atoms with van der Waals surface area (Å²) in [5.41, 5.74) is 0. The molecule has 0 spiro atoms. The van der Waals surface area contributed by atoms with Crippen LogP contribution >= 0.6 is 14.5 Å². The molecule has 0 saturated heterocycles. The summed E-state index contributed by atoms with van der Waals surface area (Å²) >= 11 is 0. The third-order valence-electron chi connectivity index (χ3n) is 9.17. The van der Waals surface area contributed by atoms with E-state index in [0.29, 0.717) is 0 Å². The van der Waals surface area contributed by atoms with Gasteiger partial charge in [-0.05, 0) is 98.5 Å². The van der Waals surface area contributed by atoms with E-state index in [4.69, 9.17) is 0 Å². The molecule has 0 aromatic heterocycles. The van der Waals surface area contributed by atoms with Crippen LogP contribution in [0.5, 0.6) is 0 Å². The van der Waals surface area contributed by atoms with Gasteiger partial charge in [-0.25, -0.2) is 0 Å². The quantitative estimate of drug-likeness (QED) is 0.122. The van der Waals surface area contributed by atoms with Gasteiger partial charge in [-0.15, -0.1) is 0 Å². The van der Waals surface area contributed by atoms with Gasteiger partial charge in [-0.2, -0.15) is 0 Å². The predicted molar refractivity (Wildman–Crippen MR) is 203 cm³/mol. The highest BCUT2D eigenvalue weighted by atomic mass is 35.5. The first-order chi connectivity index (χ1) is 22.3. The van der Waals surface area contributed by atoms with Crippen molar-refractivity contribution in [2.45, 2.75) is 32.1 Å². The molecule has 0 aliphatic heterocycles. The monoisotopic (exact) mass is 692 g/mol. The average molecular weight is 694 g/mol. The summed E-state index contributed by atoms with van der Waals surface area (Å²) in [5, 5.41) is 8.95. The topological polar surface area (TPSA) is 0 Å². The van der Waals surface area contributed by atoms with E-state index in [0.717, 1.165) is 0 Å². The van der Waals surface area contributed by atoms with Crippen molar-refractivity contribution >= 4 is 46.4 Å². The molecule has 0 atom stereocenters. The Morgan fingerprint density at radius 3 is 0.596 bits per heavy atom. The van der Waals surface area contributed by atoms with E-state index >= 15 is 0 Å². The molecule has 0 aliphatic rings. The number of unbranched alkanes of at least 4 members (excludes halogenated alkanes) is 4. The maximum Gasteiger partial charge on any atom is 0.112 e. The van der Waals surface area contributed by atoms with Gasteiger partial charge in [0.15, 0.2) is 0 Å². The molecule has 6 rings (SSSR count). The predicted octanol–water partition coefficient (Wildman–Crippen LogP) is 2.93. The molecule has 0 nitrogen and oxygen atoms in total. The Hall–Kier alpha value is -3.24. The van der Waals surface area contributed by atoms with E-state index in [2.05, 4.69) is 182 Å². The molecule has 0 saturated carbocycles. The fraction of sp³-hybridized carbons (Fsp3) is 0.163. The van der Waals surface area contributed by atoms with E-state index in [-0.39, 0.29) is 24.8 Å². The first-order valence-corrected chi connectivity index (χ1v) is 20.4. The molecule has 6 aromatic rings. The maximum atomic E-state index is 2.37. The second-order valence-corrected chi connectivity index (χ2v) is 19.1. The highest BCUT2D eigenvalue weighted by Gasteiger charge is 2.45. The lowest BCUT2D eigenvalue weighted by atomic mass is 10.2. The van der Waals surface area contributed by atoms with Gasteiger partial charge in [0.25, 0.3) is 0 Å². The van der Waals surface area contributed by atoms with Gasteiger partial charge >= 0.3 is 0 Å². The highest BCUT2D eigenvalue weighted by Crippen LogP contribution is 2.57. The second kappa shape index (κ2) is 18.3.